The van der Waals surface area contributed by atoms with E-state index in [-0.39, 0.29) is 30.0 Å². The molecule has 0 bridgehead atoms. The molecule has 2 unspecified atom stereocenters. The Bertz CT molecular complexity index is 660. The molecule has 1 aromatic rings. The first-order chi connectivity index (χ1) is 10.7. The number of amides is 1. The predicted molar refractivity (Wildman–Crippen MR) is 100.0 cm³/mol. The Hall–Kier alpha value is -1.31. The van der Waals surface area contributed by atoms with Crippen molar-refractivity contribution in [2.24, 2.45) is 11.7 Å². The van der Waals surface area contributed by atoms with Crippen molar-refractivity contribution in [1.82, 2.24) is 0 Å². The van der Waals surface area contributed by atoms with Crippen LogP contribution in [0.15, 0.2) is 24.3 Å². The van der Waals surface area contributed by atoms with Crippen LogP contribution in [-0.2, 0) is 14.8 Å². The molecule has 4 N–H and O–H groups in total. The molecule has 0 aliphatic heterocycles. The summed E-state index contributed by atoms with van der Waals surface area (Å²) in [6.07, 6.45) is 3.72. The van der Waals surface area contributed by atoms with Crippen molar-refractivity contribution in [3.63, 3.8) is 0 Å². The number of sulfonamides is 1. The molecule has 136 valence electrons. The van der Waals surface area contributed by atoms with Crippen molar-refractivity contribution in [1.29, 1.82) is 0 Å². The molecule has 1 saturated carbocycles. The fourth-order valence-corrected chi connectivity index (χ4v) is 3.53. The van der Waals surface area contributed by atoms with E-state index in [0.29, 0.717) is 11.4 Å². The number of carbonyl (C=O) groups excluding carboxylic acids is 1. The van der Waals surface area contributed by atoms with Crippen LogP contribution in [0.1, 0.15) is 39.5 Å². The van der Waals surface area contributed by atoms with E-state index >= 15 is 0 Å². The molecule has 1 fully saturated rings. The van der Waals surface area contributed by atoms with Gasteiger partial charge in [0.1, 0.15) is 0 Å². The SMILES string of the molecule is CCS(=O)(=O)Nc1ccc(NC(=O)C2CCCCC2(C)N)cc1.Cl. The highest BCUT2D eigenvalue weighted by atomic mass is 35.5. The van der Waals surface area contributed by atoms with Crippen LogP contribution in [0.4, 0.5) is 11.4 Å². The lowest BCUT2D eigenvalue weighted by molar-refractivity contribution is -0.122. The van der Waals surface area contributed by atoms with Crippen LogP contribution in [0.25, 0.3) is 0 Å². The van der Waals surface area contributed by atoms with Gasteiger partial charge < -0.3 is 11.1 Å². The van der Waals surface area contributed by atoms with Gasteiger partial charge in [-0.2, -0.15) is 0 Å². The molecule has 0 radical (unpaired) electrons. The zero-order valence-corrected chi connectivity index (χ0v) is 15.7. The summed E-state index contributed by atoms with van der Waals surface area (Å²) in [5, 5.41) is 2.88. The third-order valence-corrected chi connectivity index (χ3v) is 5.68. The molecule has 2 atom stereocenters. The molecule has 0 spiro atoms. The van der Waals surface area contributed by atoms with E-state index in [0.717, 1.165) is 25.7 Å². The van der Waals surface area contributed by atoms with Crippen LogP contribution in [0.5, 0.6) is 0 Å². The highest BCUT2D eigenvalue weighted by Gasteiger charge is 2.37. The molecule has 0 saturated heterocycles. The summed E-state index contributed by atoms with van der Waals surface area (Å²) in [6.45, 7) is 3.50. The van der Waals surface area contributed by atoms with Crippen molar-refractivity contribution < 1.29 is 13.2 Å². The molecule has 1 aliphatic carbocycles. The monoisotopic (exact) mass is 375 g/mol. The maximum atomic E-state index is 12.4. The van der Waals surface area contributed by atoms with E-state index in [2.05, 4.69) is 10.0 Å². The Morgan fingerprint density at radius 3 is 2.38 bits per heavy atom. The first-order valence-corrected chi connectivity index (χ1v) is 9.59. The molecule has 0 aromatic heterocycles. The molecule has 6 nitrogen and oxygen atoms in total. The number of hydrogen-bond acceptors (Lipinski definition) is 4. The largest absolute Gasteiger partial charge is 0.326 e. The number of carbonyl (C=O) groups is 1. The lowest BCUT2D eigenvalue weighted by atomic mass is 9.74. The minimum atomic E-state index is -3.29. The van der Waals surface area contributed by atoms with Crippen LogP contribution >= 0.6 is 12.4 Å². The van der Waals surface area contributed by atoms with Gasteiger partial charge in [-0.05, 0) is 51.0 Å². The Balaban J connectivity index is 0.00000288. The zero-order valence-electron chi connectivity index (χ0n) is 14.0. The van der Waals surface area contributed by atoms with Crippen LogP contribution in [0, 0.1) is 5.92 Å². The average Bonchev–Trinajstić information content (AvgIpc) is 2.48. The van der Waals surface area contributed by atoms with E-state index in [1.807, 2.05) is 6.92 Å². The number of anilines is 2. The van der Waals surface area contributed by atoms with Gasteiger partial charge >= 0.3 is 0 Å². The third kappa shape index (κ3) is 5.36. The molecule has 1 aromatic carbocycles. The summed E-state index contributed by atoms with van der Waals surface area (Å²) in [7, 11) is -3.29. The van der Waals surface area contributed by atoms with Gasteiger partial charge in [0.05, 0.1) is 11.7 Å². The van der Waals surface area contributed by atoms with E-state index in [1.165, 1.54) is 0 Å². The van der Waals surface area contributed by atoms with Crippen LogP contribution < -0.4 is 15.8 Å². The van der Waals surface area contributed by atoms with Crippen molar-refractivity contribution in [3.05, 3.63) is 24.3 Å². The highest BCUT2D eigenvalue weighted by molar-refractivity contribution is 7.92. The van der Waals surface area contributed by atoms with E-state index in [9.17, 15) is 13.2 Å². The van der Waals surface area contributed by atoms with Crippen molar-refractivity contribution in [2.75, 3.05) is 15.8 Å². The lowest BCUT2D eigenvalue weighted by Gasteiger charge is -2.37. The first-order valence-electron chi connectivity index (χ1n) is 7.94. The quantitative estimate of drug-likeness (QED) is 0.736. The van der Waals surface area contributed by atoms with Crippen LogP contribution in [0.2, 0.25) is 0 Å². The summed E-state index contributed by atoms with van der Waals surface area (Å²) in [4.78, 5) is 12.4. The number of halogens is 1. The highest BCUT2D eigenvalue weighted by Crippen LogP contribution is 2.32. The summed E-state index contributed by atoms with van der Waals surface area (Å²) in [6, 6.07) is 6.63. The second-order valence-corrected chi connectivity index (χ2v) is 8.39. The molecule has 24 heavy (non-hydrogen) atoms. The van der Waals surface area contributed by atoms with Crippen molar-refractivity contribution in [2.45, 2.75) is 45.1 Å². The fraction of sp³-hybridized carbons (Fsp3) is 0.562. The van der Waals surface area contributed by atoms with Gasteiger partial charge in [-0.1, -0.05) is 12.8 Å². The van der Waals surface area contributed by atoms with Crippen LogP contribution in [-0.4, -0.2) is 25.6 Å². The topological polar surface area (TPSA) is 101 Å². The molecular formula is C16H26ClN3O3S. The Kier molecular flexibility index (Phi) is 7.07. The molecule has 0 heterocycles. The average molecular weight is 376 g/mol. The third-order valence-electron chi connectivity index (χ3n) is 4.38. The van der Waals surface area contributed by atoms with Gasteiger partial charge in [0.25, 0.3) is 0 Å². The van der Waals surface area contributed by atoms with Gasteiger partial charge in [-0.3, -0.25) is 9.52 Å². The molecular weight excluding hydrogens is 350 g/mol. The molecule has 2 rings (SSSR count). The maximum Gasteiger partial charge on any atom is 0.232 e. The normalized spacial score (nSPS) is 23.9. The van der Waals surface area contributed by atoms with Gasteiger partial charge in [0.2, 0.25) is 15.9 Å². The van der Waals surface area contributed by atoms with E-state index in [1.54, 1.807) is 31.2 Å². The van der Waals surface area contributed by atoms with Crippen molar-refractivity contribution >= 4 is 39.7 Å². The zero-order chi connectivity index (χ0) is 17.1. The predicted octanol–water partition coefficient (Wildman–Crippen LogP) is 2.72. The first kappa shape index (κ1) is 20.7. The van der Waals surface area contributed by atoms with Gasteiger partial charge in [-0.15, -0.1) is 12.4 Å². The van der Waals surface area contributed by atoms with Gasteiger partial charge in [-0.25, -0.2) is 8.42 Å². The smallest absolute Gasteiger partial charge is 0.232 e. The second kappa shape index (κ2) is 8.18. The van der Waals surface area contributed by atoms with Gasteiger partial charge in [0, 0.05) is 16.9 Å². The van der Waals surface area contributed by atoms with E-state index in [4.69, 9.17) is 5.73 Å². The number of benzene rings is 1. The Morgan fingerprint density at radius 1 is 1.25 bits per heavy atom. The number of rotatable bonds is 5. The van der Waals surface area contributed by atoms with Gasteiger partial charge in [0.15, 0.2) is 0 Å². The van der Waals surface area contributed by atoms with E-state index < -0.39 is 15.6 Å². The summed E-state index contributed by atoms with van der Waals surface area (Å²) < 4.78 is 25.5. The number of hydrogen-bond donors (Lipinski definition) is 3. The molecule has 8 heteroatoms. The standard InChI is InChI=1S/C16H25N3O3S.ClH/c1-3-23(21,22)19-13-9-7-12(8-10-13)18-15(20)14-6-4-5-11-16(14,2)17;/h7-10,14,19H,3-6,11,17H2,1-2H3,(H,18,20);1H. The molecule has 1 amide bonds. The Morgan fingerprint density at radius 2 is 1.83 bits per heavy atom. The summed E-state index contributed by atoms with van der Waals surface area (Å²) >= 11 is 0. The lowest BCUT2D eigenvalue weighted by Crippen LogP contribution is -2.51. The number of nitrogens with one attached hydrogen (secondary N) is 2. The minimum Gasteiger partial charge on any atom is -0.326 e. The summed E-state index contributed by atoms with van der Waals surface area (Å²) in [5.41, 5.74) is 6.89. The minimum absolute atomic E-state index is 0. The fourth-order valence-electron chi connectivity index (χ4n) is 2.89. The molecule has 1 aliphatic rings. The van der Waals surface area contributed by atoms with Crippen LogP contribution in [0.3, 0.4) is 0 Å². The summed E-state index contributed by atoms with van der Waals surface area (Å²) in [5.74, 6) is -0.256. The van der Waals surface area contributed by atoms with Crippen molar-refractivity contribution in [3.8, 4) is 0 Å². The Labute approximate surface area is 150 Å². The maximum absolute atomic E-state index is 12.4. The second-order valence-electron chi connectivity index (χ2n) is 6.38. The number of nitrogens with two attached hydrogens (primary N) is 1.